The summed E-state index contributed by atoms with van der Waals surface area (Å²) in [6.07, 6.45) is 4.87. The number of amides is 1. The van der Waals surface area contributed by atoms with Crippen LogP contribution in [-0.4, -0.2) is 59.0 Å². The van der Waals surface area contributed by atoms with Gasteiger partial charge in [-0.25, -0.2) is 4.98 Å². The van der Waals surface area contributed by atoms with Gasteiger partial charge >= 0.3 is 0 Å². The van der Waals surface area contributed by atoms with Gasteiger partial charge in [-0.3, -0.25) is 9.78 Å². The second-order valence-corrected chi connectivity index (χ2v) is 9.81. The van der Waals surface area contributed by atoms with Crippen LogP contribution >= 0.6 is 0 Å². The molecule has 1 unspecified atom stereocenters. The first-order valence-electron chi connectivity index (χ1n) is 13.2. The third kappa shape index (κ3) is 5.48. The smallest absolute Gasteiger partial charge is 0.254 e. The number of carbonyl (C=O) groups excluding carboxylic acids is 1. The highest BCUT2D eigenvalue weighted by molar-refractivity contribution is 5.99. The zero-order valence-corrected chi connectivity index (χ0v) is 22.9. The van der Waals surface area contributed by atoms with Crippen molar-refractivity contribution >= 4 is 11.7 Å². The van der Waals surface area contributed by atoms with E-state index in [2.05, 4.69) is 47.0 Å². The van der Waals surface area contributed by atoms with E-state index in [1.54, 1.807) is 12.3 Å². The van der Waals surface area contributed by atoms with Crippen molar-refractivity contribution in [3.8, 4) is 22.9 Å². The van der Waals surface area contributed by atoms with E-state index in [1.807, 2.05) is 31.7 Å². The van der Waals surface area contributed by atoms with Gasteiger partial charge in [0.05, 0.1) is 18.3 Å². The molecule has 1 aromatic carbocycles. The van der Waals surface area contributed by atoms with Crippen molar-refractivity contribution in [2.75, 3.05) is 39.0 Å². The largest absolute Gasteiger partial charge is 0.492 e. The topological polar surface area (TPSA) is 108 Å². The molecule has 1 aliphatic heterocycles. The Hall–Kier alpha value is -3.96. The van der Waals surface area contributed by atoms with Gasteiger partial charge in [-0.2, -0.15) is 5.26 Å². The van der Waals surface area contributed by atoms with E-state index in [-0.39, 0.29) is 11.9 Å². The first-order valence-corrected chi connectivity index (χ1v) is 13.2. The Labute approximate surface area is 225 Å². The summed E-state index contributed by atoms with van der Waals surface area (Å²) in [5.74, 6) is 0.936. The van der Waals surface area contributed by atoms with Gasteiger partial charge in [0.25, 0.3) is 5.91 Å². The number of nitrogen functional groups attached to an aromatic ring is 1. The van der Waals surface area contributed by atoms with Crippen molar-refractivity contribution in [1.29, 1.82) is 5.26 Å². The molecule has 38 heavy (non-hydrogen) atoms. The van der Waals surface area contributed by atoms with Crippen LogP contribution in [0.2, 0.25) is 0 Å². The molecule has 2 aromatic heterocycles. The van der Waals surface area contributed by atoms with E-state index in [0.29, 0.717) is 42.4 Å². The molecule has 1 amide bonds. The van der Waals surface area contributed by atoms with Crippen molar-refractivity contribution in [2.24, 2.45) is 0 Å². The first kappa shape index (κ1) is 27.1. The third-order valence-electron chi connectivity index (χ3n) is 7.34. The summed E-state index contributed by atoms with van der Waals surface area (Å²) >= 11 is 0. The zero-order chi connectivity index (χ0) is 27.4. The highest BCUT2D eigenvalue weighted by Gasteiger charge is 2.32. The molecule has 8 heteroatoms. The maximum absolute atomic E-state index is 14.0. The molecule has 4 rings (SSSR count). The van der Waals surface area contributed by atoms with Crippen LogP contribution < -0.4 is 10.5 Å². The number of likely N-dealkylation sites (N-methyl/N-ethyl adjacent to an activating group) is 1. The predicted molar refractivity (Wildman–Crippen MR) is 149 cm³/mol. The summed E-state index contributed by atoms with van der Waals surface area (Å²) in [5.41, 5.74) is 13.1. The molecular weight excluding hydrogens is 476 g/mol. The summed E-state index contributed by atoms with van der Waals surface area (Å²) in [6, 6.07) is 9.80. The average molecular weight is 513 g/mol. The Morgan fingerprint density at radius 2 is 1.92 bits per heavy atom. The van der Waals surface area contributed by atoms with Gasteiger partial charge in [-0.05, 0) is 87.2 Å². The van der Waals surface area contributed by atoms with Crippen LogP contribution in [0.15, 0.2) is 36.7 Å². The molecule has 0 bridgehead atoms. The first-order chi connectivity index (χ1) is 18.3. The second-order valence-electron chi connectivity index (χ2n) is 9.81. The quantitative estimate of drug-likeness (QED) is 0.448. The Morgan fingerprint density at radius 3 is 2.63 bits per heavy atom. The lowest BCUT2D eigenvalue weighted by atomic mass is 9.86. The highest BCUT2D eigenvalue weighted by atomic mass is 16.5. The standard InChI is InChI=1S/C30H36N6O2/c1-6-35(5)10-8-21-12-25(24-14-29(32)34-17-19(24)3)23-9-11-36(30(37)26(23)13-21)20(4)27-15-28(38-7-2)22(16-31)18-33-27/h12-15,17-18,20H,6-11H2,1-5H3,(H2,32,34). The summed E-state index contributed by atoms with van der Waals surface area (Å²) in [4.78, 5) is 26.9. The van der Waals surface area contributed by atoms with Crippen LogP contribution in [-0.2, 0) is 12.8 Å². The van der Waals surface area contributed by atoms with Crippen LogP contribution in [0.25, 0.3) is 11.1 Å². The van der Waals surface area contributed by atoms with E-state index >= 15 is 0 Å². The molecule has 0 spiro atoms. The van der Waals surface area contributed by atoms with Gasteiger partial charge in [0, 0.05) is 37.1 Å². The number of hydrogen-bond acceptors (Lipinski definition) is 7. The molecule has 0 aliphatic carbocycles. The van der Waals surface area contributed by atoms with E-state index in [0.717, 1.165) is 52.9 Å². The van der Waals surface area contributed by atoms with Crippen LogP contribution in [0.3, 0.4) is 0 Å². The number of aryl methyl sites for hydroxylation is 1. The number of nitrogens with two attached hydrogens (primary N) is 1. The van der Waals surface area contributed by atoms with E-state index < -0.39 is 0 Å². The number of aromatic nitrogens is 2. The number of anilines is 1. The van der Waals surface area contributed by atoms with Crippen molar-refractivity contribution in [3.63, 3.8) is 0 Å². The van der Waals surface area contributed by atoms with Gasteiger partial charge in [-0.1, -0.05) is 13.0 Å². The fourth-order valence-corrected chi connectivity index (χ4v) is 4.94. The van der Waals surface area contributed by atoms with Crippen LogP contribution in [0.5, 0.6) is 5.75 Å². The third-order valence-corrected chi connectivity index (χ3v) is 7.34. The minimum Gasteiger partial charge on any atom is -0.492 e. The molecule has 2 N–H and O–H groups in total. The molecular formula is C30H36N6O2. The SMILES string of the molecule is CCOc1cc(C(C)N2CCc3c(cc(CCN(C)CC)cc3-c3cc(N)ncc3C)C2=O)ncc1C#N. The van der Waals surface area contributed by atoms with Crippen LogP contribution in [0, 0.1) is 18.3 Å². The number of nitriles is 1. The van der Waals surface area contributed by atoms with Crippen molar-refractivity contribution < 1.29 is 9.53 Å². The number of benzene rings is 1. The Bertz CT molecular complexity index is 1380. The van der Waals surface area contributed by atoms with Gasteiger partial charge in [-0.15, -0.1) is 0 Å². The molecule has 1 atom stereocenters. The number of ether oxygens (including phenoxy) is 1. The minimum atomic E-state index is -0.278. The van der Waals surface area contributed by atoms with Crippen molar-refractivity contribution in [3.05, 3.63) is 70.2 Å². The Kier molecular flexibility index (Phi) is 8.28. The molecule has 0 radical (unpaired) electrons. The maximum atomic E-state index is 14.0. The predicted octanol–water partition coefficient (Wildman–Crippen LogP) is 4.56. The molecule has 8 nitrogen and oxygen atoms in total. The zero-order valence-electron chi connectivity index (χ0n) is 22.9. The second kappa shape index (κ2) is 11.6. The molecule has 3 heterocycles. The van der Waals surface area contributed by atoms with E-state index in [1.165, 1.54) is 6.20 Å². The molecule has 0 saturated heterocycles. The van der Waals surface area contributed by atoms with Crippen LogP contribution in [0.4, 0.5) is 5.82 Å². The summed E-state index contributed by atoms with van der Waals surface area (Å²) in [6.45, 7) is 10.9. The fraction of sp³-hybridized carbons (Fsp3) is 0.400. The summed E-state index contributed by atoms with van der Waals surface area (Å²) < 4.78 is 5.66. The van der Waals surface area contributed by atoms with Gasteiger partial charge in [0.15, 0.2) is 0 Å². The molecule has 0 fully saturated rings. The lowest BCUT2D eigenvalue weighted by molar-refractivity contribution is 0.0669. The molecule has 198 valence electrons. The van der Waals surface area contributed by atoms with E-state index in [9.17, 15) is 10.1 Å². The lowest BCUT2D eigenvalue weighted by Gasteiger charge is -2.35. The number of rotatable bonds is 9. The van der Waals surface area contributed by atoms with E-state index in [4.69, 9.17) is 10.5 Å². The monoisotopic (exact) mass is 512 g/mol. The lowest BCUT2D eigenvalue weighted by Crippen LogP contribution is -2.40. The molecule has 3 aromatic rings. The highest BCUT2D eigenvalue weighted by Crippen LogP contribution is 2.36. The fourth-order valence-electron chi connectivity index (χ4n) is 4.94. The van der Waals surface area contributed by atoms with Gasteiger partial charge in [0.1, 0.15) is 23.2 Å². The summed E-state index contributed by atoms with van der Waals surface area (Å²) in [7, 11) is 2.10. The Morgan fingerprint density at radius 1 is 1.16 bits per heavy atom. The number of pyridine rings is 2. The average Bonchev–Trinajstić information content (AvgIpc) is 2.92. The van der Waals surface area contributed by atoms with Crippen molar-refractivity contribution in [2.45, 2.75) is 46.6 Å². The normalized spacial score (nSPS) is 13.8. The minimum absolute atomic E-state index is 0.0190. The number of hydrogen-bond donors (Lipinski definition) is 1. The van der Waals surface area contributed by atoms with Gasteiger partial charge < -0.3 is 20.3 Å². The molecule has 0 saturated carbocycles. The number of carbonyl (C=O) groups is 1. The number of fused-ring (bicyclic) bond motifs is 1. The van der Waals surface area contributed by atoms with Crippen molar-refractivity contribution in [1.82, 2.24) is 19.8 Å². The molecule has 1 aliphatic rings. The van der Waals surface area contributed by atoms with Gasteiger partial charge in [0.2, 0.25) is 0 Å². The number of nitrogens with zero attached hydrogens (tertiary/aromatic N) is 5. The summed E-state index contributed by atoms with van der Waals surface area (Å²) in [5, 5.41) is 9.40. The Balaban J connectivity index is 1.75. The van der Waals surface area contributed by atoms with Crippen LogP contribution in [0.1, 0.15) is 65.1 Å². The maximum Gasteiger partial charge on any atom is 0.254 e.